The van der Waals surface area contributed by atoms with Gasteiger partial charge in [0.15, 0.2) is 0 Å². The Hall–Kier alpha value is -0.890. The minimum atomic E-state index is -3.48. The maximum Gasteiger partial charge on any atom is 0.236 e. The normalized spacial score (nSPS) is 11.4. The number of nitrogens with two attached hydrogens (primary N) is 1. The van der Waals surface area contributed by atoms with Crippen molar-refractivity contribution >= 4 is 47.6 Å². The van der Waals surface area contributed by atoms with Crippen LogP contribution in [-0.4, -0.2) is 8.42 Å². The summed E-state index contributed by atoms with van der Waals surface area (Å²) in [5, 5.41) is 0. The molecule has 0 heterocycles. The molecular formula is C14H14Br2N2O2S. The number of halogens is 2. The van der Waals surface area contributed by atoms with Crippen LogP contribution in [0.2, 0.25) is 0 Å². The lowest BCUT2D eigenvalue weighted by Gasteiger charge is -2.10. The summed E-state index contributed by atoms with van der Waals surface area (Å²) in [7, 11) is -3.48. The van der Waals surface area contributed by atoms with Crippen molar-refractivity contribution < 1.29 is 8.42 Å². The van der Waals surface area contributed by atoms with Gasteiger partial charge >= 0.3 is 0 Å². The van der Waals surface area contributed by atoms with Crippen LogP contribution in [-0.2, 0) is 22.3 Å². The molecule has 0 aromatic heterocycles. The first kappa shape index (κ1) is 16.5. The van der Waals surface area contributed by atoms with E-state index in [1.165, 1.54) is 0 Å². The molecule has 2 aromatic rings. The van der Waals surface area contributed by atoms with E-state index in [0.29, 0.717) is 22.3 Å². The highest BCUT2D eigenvalue weighted by atomic mass is 79.9. The first-order valence-corrected chi connectivity index (χ1v) is 9.37. The maximum atomic E-state index is 12.2. The Kier molecular flexibility index (Phi) is 5.43. The first-order valence-electron chi connectivity index (χ1n) is 6.13. The topological polar surface area (TPSA) is 72.2 Å². The van der Waals surface area contributed by atoms with Crippen molar-refractivity contribution in [3.05, 3.63) is 62.5 Å². The molecule has 0 amide bonds. The molecule has 0 saturated carbocycles. The summed E-state index contributed by atoms with van der Waals surface area (Å²) in [4.78, 5) is 0. The Morgan fingerprint density at radius 3 is 2.43 bits per heavy atom. The Morgan fingerprint density at radius 1 is 1.05 bits per heavy atom. The summed E-state index contributed by atoms with van der Waals surface area (Å²) >= 11 is 6.66. The van der Waals surface area contributed by atoms with E-state index < -0.39 is 10.0 Å². The predicted molar refractivity (Wildman–Crippen MR) is 92.4 cm³/mol. The van der Waals surface area contributed by atoms with Crippen LogP contribution in [0.1, 0.15) is 11.1 Å². The van der Waals surface area contributed by atoms with Crippen LogP contribution in [0.25, 0.3) is 0 Å². The Labute approximate surface area is 141 Å². The van der Waals surface area contributed by atoms with E-state index in [0.717, 1.165) is 10.0 Å². The standard InChI is InChI=1S/C14H14Br2N2O2S/c15-12-4-5-14(13(16)7-12)18-21(19,20)9-11-3-1-2-10(6-11)8-17/h1-7,18H,8-9,17H2. The number of anilines is 1. The fraction of sp³-hybridized carbons (Fsp3) is 0.143. The number of sulfonamides is 1. The van der Waals surface area contributed by atoms with Crippen molar-refractivity contribution in [3.8, 4) is 0 Å². The lowest BCUT2D eigenvalue weighted by molar-refractivity contribution is 0.600. The van der Waals surface area contributed by atoms with Crippen molar-refractivity contribution in [2.45, 2.75) is 12.3 Å². The molecule has 7 heteroatoms. The molecule has 0 bridgehead atoms. The maximum absolute atomic E-state index is 12.2. The highest BCUT2D eigenvalue weighted by molar-refractivity contribution is 9.11. The van der Waals surface area contributed by atoms with Gasteiger partial charge in [-0.2, -0.15) is 0 Å². The molecule has 112 valence electrons. The minimum Gasteiger partial charge on any atom is -0.326 e. The van der Waals surface area contributed by atoms with E-state index in [1.807, 2.05) is 12.1 Å². The van der Waals surface area contributed by atoms with Crippen LogP contribution in [0.3, 0.4) is 0 Å². The van der Waals surface area contributed by atoms with E-state index >= 15 is 0 Å². The second kappa shape index (κ2) is 6.91. The van der Waals surface area contributed by atoms with Crippen molar-refractivity contribution in [2.75, 3.05) is 4.72 Å². The smallest absolute Gasteiger partial charge is 0.236 e. The van der Waals surface area contributed by atoms with Crippen LogP contribution in [0.15, 0.2) is 51.4 Å². The van der Waals surface area contributed by atoms with Crippen molar-refractivity contribution in [3.63, 3.8) is 0 Å². The molecule has 3 N–H and O–H groups in total. The fourth-order valence-electron chi connectivity index (χ4n) is 1.84. The zero-order valence-electron chi connectivity index (χ0n) is 11.0. The van der Waals surface area contributed by atoms with Gasteiger partial charge in [0.1, 0.15) is 0 Å². The van der Waals surface area contributed by atoms with E-state index in [-0.39, 0.29) is 5.75 Å². The molecule has 0 aliphatic carbocycles. The fourth-order valence-corrected chi connectivity index (χ4v) is 4.32. The third kappa shape index (κ3) is 4.81. The first-order chi connectivity index (χ1) is 9.89. The van der Waals surface area contributed by atoms with Gasteiger partial charge in [0, 0.05) is 15.5 Å². The summed E-state index contributed by atoms with van der Waals surface area (Å²) in [6.45, 7) is 0.388. The van der Waals surface area contributed by atoms with Gasteiger partial charge in [0.2, 0.25) is 10.0 Å². The van der Waals surface area contributed by atoms with Gasteiger partial charge in [0.25, 0.3) is 0 Å². The molecule has 2 aromatic carbocycles. The third-order valence-corrected chi connectivity index (χ3v) is 5.17. The molecule has 0 saturated heterocycles. The van der Waals surface area contributed by atoms with Crippen LogP contribution in [0, 0.1) is 0 Å². The molecule has 4 nitrogen and oxygen atoms in total. The molecular weight excluding hydrogens is 420 g/mol. The lowest BCUT2D eigenvalue weighted by Crippen LogP contribution is -2.15. The number of rotatable bonds is 5. The summed E-state index contributed by atoms with van der Waals surface area (Å²) in [5.41, 5.74) is 7.69. The van der Waals surface area contributed by atoms with Gasteiger partial charge in [0.05, 0.1) is 11.4 Å². The predicted octanol–water partition coefficient (Wildman–Crippen LogP) is 3.61. The van der Waals surface area contributed by atoms with Gasteiger partial charge in [-0.05, 0) is 45.3 Å². The van der Waals surface area contributed by atoms with Crippen molar-refractivity contribution in [1.82, 2.24) is 0 Å². The van der Waals surface area contributed by atoms with E-state index in [9.17, 15) is 8.42 Å². The zero-order chi connectivity index (χ0) is 15.5. The summed E-state index contributed by atoms with van der Waals surface area (Å²) in [5.74, 6) is -0.0939. The highest BCUT2D eigenvalue weighted by Crippen LogP contribution is 2.27. The van der Waals surface area contributed by atoms with Gasteiger partial charge in [-0.25, -0.2) is 8.42 Å². The summed E-state index contributed by atoms with van der Waals surface area (Å²) in [6, 6.07) is 12.5. The molecule has 0 radical (unpaired) electrons. The molecule has 0 fully saturated rings. The van der Waals surface area contributed by atoms with Gasteiger partial charge in [-0.3, -0.25) is 4.72 Å². The number of benzene rings is 2. The van der Waals surface area contributed by atoms with E-state index in [4.69, 9.17) is 5.73 Å². The highest BCUT2D eigenvalue weighted by Gasteiger charge is 2.14. The Balaban J connectivity index is 2.18. The molecule has 0 aliphatic heterocycles. The average Bonchev–Trinajstić information content (AvgIpc) is 2.41. The quantitative estimate of drug-likeness (QED) is 0.756. The second-order valence-corrected chi connectivity index (χ2v) is 8.00. The van der Waals surface area contributed by atoms with E-state index in [2.05, 4.69) is 36.6 Å². The number of hydrogen-bond acceptors (Lipinski definition) is 3. The van der Waals surface area contributed by atoms with E-state index in [1.54, 1.807) is 30.3 Å². The molecule has 0 aliphatic rings. The summed E-state index contributed by atoms with van der Waals surface area (Å²) < 4.78 is 28.6. The average molecular weight is 434 g/mol. The molecule has 2 rings (SSSR count). The van der Waals surface area contributed by atoms with Crippen LogP contribution >= 0.6 is 31.9 Å². The lowest BCUT2D eigenvalue weighted by atomic mass is 10.1. The van der Waals surface area contributed by atoms with Crippen LogP contribution in [0.4, 0.5) is 5.69 Å². The summed E-state index contributed by atoms with van der Waals surface area (Å²) in [6.07, 6.45) is 0. The van der Waals surface area contributed by atoms with Crippen molar-refractivity contribution in [2.24, 2.45) is 5.73 Å². The molecule has 0 atom stereocenters. The Morgan fingerprint density at radius 2 is 1.76 bits per heavy atom. The second-order valence-electron chi connectivity index (χ2n) is 4.51. The van der Waals surface area contributed by atoms with Gasteiger partial charge in [-0.1, -0.05) is 40.2 Å². The Bertz CT molecular complexity index is 748. The SMILES string of the molecule is NCc1cccc(CS(=O)(=O)Nc2ccc(Br)cc2Br)c1. The van der Waals surface area contributed by atoms with Crippen LogP contribution in [0.5, 0.6) is 0 Å². The monoisotopic (exact) mass is 432 g/mol. The largest absolute Gasteiger partial charge is 0.326 e. The molecule has 0 unspecified atom stereocenters. The van der Waals surface area contributed by atoms with Crippen LogP contribution < -0.4 is 10.5 Å². The molecule has 0 spiro atoms. The van der Waals surface area contributed by atoms with Crippen molar-refractivity contribution in [1.29, 1.82) is 0 Å². The van der Waals surface area contributed by atoms with Gasteiger partial charge < -0.3 is 5.73 Å². The molecule has 21 heavy (non-hydrogen) atoms. The van der Waals surface area contributed by atoms with Gasteiger partial charge in [-0.15, -0.1) is 0 Å². The number of nitrogens with one attached hydrogen (secondary N) is 1. The number of hydrogen-bond donors (Lipinski definition) is 2. The third-order valence-electron chi connectivity index (χ3n) is 2.78. The minimum absolute atomic E-state index is 0.0939. The zero-order valence-corrected chi connectivity index (χ0v) is 15.0.